The van der Waals surface area contributed by atoms with Gasteiger partial charge in [0.25, 0.3) is 5.67 Å². The number of aromatic nitrogens is 2. The quantitative estimate of drug-likeness (QED) is 0.0951. The zero-order valence-corrected chi connectivity index (χ0v) is 40.1. The van der Waals surface area contributed by atoms with Crippen molar-refractivity contribution in [1.29, 1.82) is 0 Å². The molecule has 13 atom stereocenters. The predicted octanol–water partition coefficient (Wildman–Crippen LogP) is 5.70. The van der Waals surface area contributed by atoms with Crippen LogP contribution < -0.4 is 5.73 Å². The second-order valence-corrected chi connectivity index (χ2v) is 19.7. The first kappa shape index (κ1) is 50.0. The van der Waals surface area contributed by atoms with Crippen LogP contribution >= 0.6 is 33.9 Å². The van der Waals surface area contributed by atoms with Crippen molar-refractivity contribution < 1.29 is 52.8 Å². The van der Waals surface area contributed by atoms with E-state index in [4.69, 9.17) is 29.5 Å². The molecule has 19 heteroatoms. The summed E-state index contributed by atoms with van der Waals surface area (Å²) in [6, 6.07) is 3.25. The topological polar surface area (TPSA) is 218 Å². The molecule has 3 aliphatic rings. The van der Waals surface area contributed by atoms with Gasteiger partial charge in [0, 0.05) is 47.2 Å². The maximum Gasteiger partial charge on any atom is 0.352 e. The number of aliphatic hydroxyl groups excluding tert-OH is 1. The minimum Gasteiger partial charge on any atom is -0.446 e. The molecule has 2 bridgehead atoms. The van der Waals surface area contributed by atoms with E-state index < -0.39 is 80.9 Å². The van der Waals surface area contributed by atoms with Crippen LogP contribution in [0.2, 0.25) is 0 Å². The second kappa shape index (κ2) is 20.4. The van der Waals surface area contributed by atoms with Crippen molar-refractivity contribution in [3.63, 3.8) is 0 Å². The number of thiazole rings is 1. The highest BCUT2D eigenvalue weighted by Gasteiger charge is 2.56. The van der Waals surface area contributed by atoms with E-state index in [9.17, 15) is 24.6 Å². The summed E-state index contributed by atoms with van der Waals surface area (Å²) in [6.07, 6.45) is -1.53. The number of carbonyl (C=O) groups excluding carboxylic acids is 3. The number of alkyl halides is 2. The van der Waals surface area contributed by atoms with Gasteiger partial charge in [0.15, 0.2) is 22.8 Å². The number of hydrogen-bond donors (Lipinski definition) is 3. The Morgan fingerprint density at radius 3 is 2.48 bits per heavy atom. The maximum absolute atomic E-state index is 16.8. The molecule has 62 heavy (non-hydrogen) atoms. The van der Waals surface area contributed by atoms with Gasteiger partial charge in [-0.15, -0.1) is 11.3 Å². The number of fused-ring (bicyclic) bond motifs is 5. The molecule has 2 aromatic rings. The van der Waals surface area contributed by atoms with E-state index in [0.29, 0.717) is 29.4 Å². The number of rotatable bonds is 8. The Morgan fingerprint density at radius 1 is 1.16 bits per heavy atom. The fourth-order valence-corrected chi connectivity index (χ4v) is 10.2. The third-order valence-corrected chi connectivity index (χ3v) is 14.9. The van der Waals surface area contributed by atoms with E-state index >= 15 is 4.39 Å². The normalized spacial score (nSPS) is 38.0. The Hall–Kier alpha value is -3.05. The molecule has 5 rings (SSSR count). The SMILES string of the molecule is CCC(=O)N=C1[C@H](C)C[C@@]2(C)OC/C(=N/OCc3ccc(-c4nc(N)cs4)cn3)CC[C@H]([C@H]1C)C(C)(O)[C@@H](I)OC(=O)[C@@](C)(F)C(=O)[C@H](C)[C@H]2O[C@@H]1O[C@H](C)C[C@H](N(C)C)[C@H]1O. The summed E-state index contributed by atoms with van der Waals surface area (Å²) in [5.41, 5.74) is 1.46. The van der Waals surface area contributed by atoms with Crippen molar-refractivity contribution in [2.75, 3.05) is 26.4 Å². The number of aliphatic hydroxyl groups is 2. The number of ether oxygens (including phenoxy) is 4. The van der Waals surface area contributed by atoms with Gasteiger partial charge < -0.3 is 44.6 Å². The molecule has 4 N–H and O–H groups in total. The zero-order chi connectivity index (χ0) is 45.9. The highest BCUT2D eigenvalue weighted by atomic mass is 127. The van der Waals surface area contributed by atoms with E-state index in [-0.39, 0.29) is 50.9 Å². The number of carbonyl (C=O) groups is 3. The van der Waals surface area contributed by atoms with E-state index in [2.05, 4.69) is 20.1 Å². The lowest BCUT2D eigenvalue weighted by molar-refractivity contribution is -0.296. The first-order valence-electron chi connectivity index (χ1n) is 21.0. The molecule has 3 fully saturated rings. The number of amides is 1. The average Bonchev–Trinajstić information content (AvgIpc) is 3.65. The molecule has 0 aliphatic carbocycles. The minimum absolute atomic E-state index is 0.00810. The van der Waals surface area contributed by atoms with Crippen LogP contribution in [0.5, 0.6) is 0 Å². The number of nitrogens with zero attached hydrogens (tertiary/aromatic N) is 5. The van der Waals surface area contributed by atoms with E-state index in [1.165, 1.54) is 25.2 Å². The van der Waals surface area contributed by atoms with Crippen molar-refractivity contribution in [3.8, 4) is 10.6 Å². The lowest BCUT2D eigenvalue weighted by Crippen LogP contribution is -2.61. The van der Waals surface area contributed by atoms with Crippen molar-refractivity contribution in [1.82, 2.24) is 14.9 Å². The Kier molecular flexibility index (Phi) is 16.4. The number of nitrogen functional groups attached to an aromatic ring is 1. The van der Waals surface area contributed by atoms with Crippen LogP contribution in [0.3, 0.4) is 0 Å². The molecular weight excluding hydrogens is 938 g/mol. The molecule has 0 aromatic carbocycles. The van der Waals surface area contributed by atoms with E-state index in [0.717, 1.165) is 17.5 Å². The van der Waals surface area contributed by atoms with Gasteiger partial charge in [-0.3, -0.25) is 14.6 Å². The first-order valence-corrected chi connectivity index (χ1v) is 23.2. The van der Waals surface area contributed by atoms with Gasteiger partial charge in [0.05, 0.1) is 35.8 Å². The number of nitrogens with two attached hydrogens (primary N) is 1. The number of halogens is 2. The zero-order valence-electron chi connectivity index (χ0n) is 37.2. The van der Waals surface area contributed by atoms with E-state index in [1.54, 1.807) is 54.1 Å². The molecule has 344 valence electrons. The summed E-state index contributed by atoms with van der Waals surface area (Å²) in [6.45, 7) is 12.5. The van der Waals surface area contributed by atoms with Crippen LogP contribution in [0.15, 0.2) is 33.9 Å². The third-order valence-electron chi connectivity index (χ3n) is 12.4. The van der Waals surface area contributed by atoms with Crippen LogP contribution in [0, 0.1) is 23.7 Å². The Labute approximate surface area is 380 Å². The second-order valence-electron chi connectivity index (χ2n) is 17.7. The molecule has 16 nitrogen and oxygen atoms in total. The lowest BCUT2D eigenvalue weighted by Gasteiger charge is -2.47. The largest absolute Gasteiger partial charge is 0.446 e. The number of ketones is 1. The van der Waals surface area contributed by atoms with Crippen LogP contribution in [-0.4, -0.2) is 126 Å². The summed E-state index contributed by atoms with van der Waals surface area (Å²) < 4.78 is 40.9. The predicted molar refractivity (Wildman–Crippen MR) is 240 cm³/mol. The highest BCUT2D eigenvalue weighted by Crippen LogP contribution is 2.43. The lowest BCUT2D eigenvalue weighted by atomic mass is 9.70. The number of aliphatic imine (C=N–C) groups is 1. The molecule has 3 aliphatic heterocycles. The summed E-state index contributed by atoms with van der Waals surface area (Å²) >= 11 is 3.15. The Balaban J connectivity index is 1.64. The molecule has 0 radical (unpaired) electrons. The number of likely N-dealkylation sites (N-methyl/N-ethyl adjacent to an activating group) is 1. The van der Waals surface area contributed by atoms with Crippen LogP contribution in [0.25, 0.3) is 10.6 Å². The summed E-state index contributed by atoms with van der Waals surface area (Å²) in [7, 11) is 3.65. The summed E-state index contributed by atoms with van der Waals surface area (Å²) in [5.74, 6) is -5.96. The molecule has 0 saturated carbocycles. The fourth-order valence-electron chi connectivity index (χ4n) is 8.82. The van der Waals surface area contributed by atoms with Gasteiger partial charge >= 0.3 is 5.97 Å². The molecule has 0 spiro atoms. The molecule has 3 saturated heterocycles. The Morgan fingerprint density at radius 2 is 1.87 bits per heavy atom. The third kappa shape index (κ3) is 11.2. The van der Waals surface area contributed by atoms with E-state index in [1.807, 2.05) is 45.8 Å². The maximum atomic E-state index is 16.8. The minimum atomic E-state index is -3.19. The number of anilines is 1. The van der Waals surface area contributed by atoms with Crippen molar-refractivity contribution in [2.24, 2.45) is 33.8 Å². The van der Waals surface area contributed by atoms with Crippen LogP contribution in [0.4, 0.5) is 10.2 Å². The summed E-state index contributed by atoms with van der Waals surface area (Å²) in [5, 5.41) is 31.0. The van der Waals surface area contributed by atoms with Crippen molar-refractivity contribution in [2.45, 2.75) is 146 Å². The van der Waals surface area contributed by atoms with Gasteiger partial charge in [0.2, 0.25) is 5.91 Å². The smallest absolute Gasteiger partial charge is 0.352 e. The Bertz CT molecular complexity index is 1970. The molecule has 1 amide bonds. The molecule has 5 heterocycles. The average molecular weight is 1000 g/mol. The van der Waals surface area contributed by atoms with Crippen LogP contribution in [-0.2, 0) is 44.8 Å². The molecule has 2 aromatic heterocycles. The highest BCUT2D eigenvalue weighted by molar-refractivity contribution is 14.1. The number of pyridine rings is 1. The first-order chi connectivity index (χ1) is 29.0. The number of cyclic esters (lactones) is 1. The number of esters is 1. The molecular formula is C43H62FIN6O10S. The number of Topliss-reactive ketones (excluding diaryl/α,β-unsaturated/α-hetero) is 1. The van der Waals surface area contributed by atoms with Crippen LogP contribution in [0.1, 0.15) is 93.2 Å². The monoisotopic (exact) mass is 1000 g/mol. The summed E-state index contributed by atoms with van der Waals surface area (Å²) in [4.78, 5) is 62.6. The van der Waals surface area contributed by atoms with Gasteiger partial charge in [-0.2, -0.15) is 0 Å². The van der Waals surface area contributed by atoms with Gasteiger partial charge in [-0.1, -0.05) is 32.9 Å². The number of hydrogen-bond acceptors (Lipinski definition) is 16. The van der Waals surface area contributed by atoms with Crippen molar-refractivity contribution >= 4 is 68.8 Å². The fraction of sp³-hybridized carbons (Fsp3) is 0.698. The van der Waals surface area contributed by atoms with Gasteiger partial charge in [0.1, 0.15) is 22.5 Å². The van der Waals surface area contributed by atoms with Gasteiger partial charge in [-0.05, 0) is 114 Å². The molecule has 1 unspecified atom stereocenters. The standard InChI is InChI=1S/C43H62FIN6O10S/c1-11-32(52)49-33-22(2)17-41(6)36(60-38-34(53)30(51(9)10)16-23(3)59-38)25(5)35(54)42(7,44)40(55)61-39(45)43(8,56)29(24(33)4)15-14-28(19-57-41)50-58-20-27-13-12-26(18-47-27)37-48-31(46)21-62-37/h12-13,18,21-25,29-30,34,36,38-39,53,56H,11,14-17,19-20,46H2,1-10H3/b49-33?,50-28+/t22-,23-,24-,25+,29-,30+,34-,36-,38+,39+,41-,42+,43?/m1/s1. The van der Waals surface area contributed by atoms with Gasteiger partial charge in [-0.25, -0.2) is 19.2 Å². The number of oxime groups is 1. The van der Waals surface area contributed by atoms with Crippen molar-refractivity contribution in [3.05, 3.63) is 29.4 Å².